The molecule has 0 spiro atoms. The Morgan fingerprint density at radius 1 is 1.10 bits per heavy atom. The molecule has 2 heterocycles. The molecule has 1 N–H and O–H groups in total. The van der Waals surface area contributed by atoms with E-state index in [4.69, 9.17) is 4.74 Å². The Balaban J connectivity index is 1.44. The van der Waals surface area contributed by atoms with Crippen LogP contribution in [0.3, 0.4) is 0 Å². The molecule has 0 atom stereocenters. The quantitative estimate of drug-likeness (QED) is 0.823. The van der Waals surface area contributed by atoms with Crippen molar-refractivity contribution in [1.82, 2.24) is 5.01 Å². The van der Waals surface area contributed by atoms with E-state index < -0.39 is 11.7 Å². The first-order valence-corrected chi connectivity index (χ1v) is 9.95. The number of ether oxygens (including phenoxy) is 1. The lowest BCUT2D eigenvalue weighted by Gasteiger charge is -2.29. The number of benzene rings is 2. The molecule has 156 valence electrons. The maximum Gasteiger partial charge on any atom is 0.271 e. The van der Waals surface area contributed by atoms with Crippen molar-refractivity contribution in [1.29, 1.82) is 0 Å². The Kier molecular flexibility index (Phi) is 6.04. The molecule has 2 aliphatic heterocycles. The van der Waals surface area contributed by atoms with Crippen molar-refractivity contribution in [3.63, 3.8) is 0 Å². The first kappa shape index (κ1) is 20.0. The molecular formula is C22H23FN4O3. The van der Waals surface area contributed by atoms with E-state index in [0.717, 1.165) is 5.56 Å². The zero-order valence-corrected chi connectivity index (χ0v) is 16.5. The largest absolute Gasteiger partial charge is 0.378 e. The molecule has 8 heteroatoms. The van der Waals surface area contributed by atoms with Crippen LogP contribution in [0.25, 0.3) is 0 Å². The summed E-state index contributed by atoms with van der Waals surface area (Å²) in [5, 5.41) is 8.25. The van der Waals surface area contributed by atoms with Crippen molar-refractivity contribution < 1.29 is 18.7 Å². The van der Waals surface area contributed by atoms with Gasteiger partial charge in [0.15, 0.2) is 0 Å². The number of halogens is 1. The third kappa shape index (κ3) is 4.65. The normalized spacial score (nSPS) is 17.0. The van der Waals surface area contributed by atoms with Gasteiger partial charge in [-0.3, -0.25) is 9.59 Å². The highest BCUT2D eigenvalue weighted by Gasteiger charge is 2.25. The lowest BCUT2D eigenvalue weighted by Crippen LogP contribution is -2.37. The number of carbonyl (C=O) groups excluding carboxylic acids is 2. The first-order chi connectivity index (χ1) is 14.6. The molecule has 1 saturated heterocycles. The highest BCUT2D eigenvalue weighted by atomic mass is 19.1. The molecule has 7 nitrogen and oxygen atoms in total. The summed E-state index contributed by atoms with van der Waals surface area (Å²) in [5.41, 5.74) is 2.02. The van der Waals surface area contributed by atoms with Gasteiger partial charge in [0.25, 0.3) is 5.91 Å². The average Bonchev–Trinajstić information content (AvgIpc) is 2.77. The van der Waals surface area contributed by atoms with Crippen molar-refractivity contribution in [2.45, 2.75) is 19.4 Å². The lowest BCUT2D eigenvalue weighted by molar-refractivity contribution is -0.132. The van der Waals surface area contributed by atoms with Crippen molar-refractivity contribution in [3.8, 4) is 0 Å². The Bertz CT molecular complexity index is 958. The number of hydrogen-bond donors (Lipinski definition) is 1. The predicted molar refractivity (Wildman–Crippen MR) is 112 cm³/mol. The fourth-order valence-electron chi connectivity index (χ4n) is 3.49. The van der Waals surface area contributed by atoms with Crippen molar-refractivity contribution in [2.75, 3.05) is 36.5 Å². The second kappa shape index (κ2) is 9.04. The first-order valence-electron chi connectivity index (χ1n) is 9.95. The lowest BCUT2D eigenvalue weighted by atomic mass is 10.1. The standard InChI is InChI=1S/C22H23FN4O3/c23-18-14-17(6-8-20(18)26-10-12-30-13-11-26)24-22(29)19-7-9-21(28)27(25-19)15-16-4-2-1-3-5-16/h1-6,8,14H,7,9-13,15H2,(H,24,29). The molecule has 2 aromatic carbocycles. The number of hydrogen-bond acceptors (Lipinski definition) is 5. The van der Waals surface area contributed by atoms with Gasteiger partial charge >= 0.3 is 0 Å². The smallest absolute Gasteiger partial charge is 0.271 e. The number of morpholine rings is 1. The van der Waals surface area contributed by atoms with Crippen LogP contribution < -0.4 is 10.2 Å². The van der Waals surface area contributed by atoms with Crippen LogP contribution in [-0.4, -0.2) is 48.8 Å². The summed E-state index contributed by atoms with van der Waals surface area (Å²) in [6.45, 7) is 2.70. The molecule has 0 saturated carbocycles. The minimum absolute atomic E-state index is 0.128. The van der Waals surface area contributed by atoms with Crippen LogP contribution in [-0.2, 0) is 20.9 Å². The van der Waals surface area contributed by atoms with Crippen LogP contribution in [0.4, 0.5) is 15.8 Å². The fourth-order valence-corrected chi connectivity index (χ4v) is 3.49. The van der Waals surface area contributed by atoms with Crippen LogP contribution in [0.2, 0.25) is 0 Å². The molecule has 0 bridgehead atoms. The number of amides is 2. The van der Waals surface area contributed by atoms with Crippen LogP contribution >= 0.6 is 0 Å². The molecule has 1 fully saturated rings. The molecule has 0 aromatic heterocycles. The topological polar surface area (TPSA) is 74.2 Å². The number of rotatable bonds is 5. The molecule has 2 aromatic rings. The summed E-state index contributed by atoms with van der Waals surface area (Å²) in [4.78, 5) is 26.7. The Morgan fingerprint density at radius 3 is 2.60 bits per heavy atom. The maximum absolute atomic E-state index is 14.6. The van der Waals surface area contributed by atoms with Gasteiger partial charge in [-0.05, 0) is 23.8 Å². The number of anilines is 2. The van der Waals surface area contributed by atoms with Crippen LogP contribution in [0.5, 0.6) is 0 Å². The molecule has 30 heavy (non-hydrogen) atoms. The van der Waals surface area contributed by atoms with Crippen LogP contribution in [0.1, 0.15) is 18.4 Å². The summed E-state index contributed by atoms with van der Waals surface area (Å²) >= 11 is 0. The predicted octanol–water partition coefficient (Wildman–Crippen LogP) is 2.78. The molecule has 0 aliphatic carbocycles. The summed E-state index contributed by atoms with van der Waals surface area (Å²) in [5.74, 6) is -0.962. The van der Waals surface area contributed by atoms with Crippen LogP contribution in [0.15, 0.2) is 53.6 Å². The molecule has 2 aliphatic rings. The zero-order chi connectivity index (χ0) is 20.9. The maximum atomic E-state index is 14.6. The van der Waals surface area contributed by atoms with Crippen molar-refractivity contribution in [3.05, 3.63) is 59.9 Å². The monoisotopic (exact) mass is 410 g/mol. The molecular weight excluding hydrogens is 387 g/mol. The van der Waals surface area contributed by atoms with Crippen molar-refractivity contribution in [2.24, 2.45) is 5.10 Å². The summed E-state index contributed by atoms with van der Waals surface area (Å²) in [6.07, 6.45) is 0.466. The van der Waals surface area contributed by atoms with E-state index in [9.17, 15) is 14.0 Å². The number of hydrazone groups is 1. The third-order valence-corrected chi connectivity index (χ3v) is 5.10. The number of nitrogens with one attached hydrogen (secondary N) is 1. The van der Waals surface area contributed by atoms with E-state index in [1.165, 1.54) is 11.1 Å². The third-order valence-electron chi connectivity index (χ3n) is 5.10. The Labute approximate surface area is 174 Å². The van der Waals surface area contributed by atoms with Gasteiger partial charge in [-0.1, -0.05) is 30.3 Å². The summed E-state index contributed by atoms with van der Waals surface area (Å²) in [7, 11) is 0. The van der Waals surface area contributed by atoms with E-state index in [-0.39, 0.29) is 24.5 Å². The van der Waals surface area contributed by atoms with E-state index in [0.29, 0.717) is 44.2 Å². The van der Waals surface area contributed by atoms with Crippen LogP contribution in [0, 0.1) is 5.82 Å². The van der Waals surface area contributed by atoms with Gasteiger partial charge in [0.05, 0.1) is 25.4 Å². The molecule has 2 amide bonds. The SMILES string of the molecule is O=C(Nc1ccc(N2CCOCC2)c(F)c1)C1=NN(Cc2ccccc2)C(=O)CC1. The van der Waals surface area contributed by atoms with Gasteiger partial charge in [0, 0.05) is 31.6 Å². The number of nitrogens with zero attached hydrogens (tertiary/aromatic N) is 3. The highest BCUT2D eigenvalue weighted by Crippen LogP contribution is 2.24. The van der Waals surface area contributed by atoms with E-state index in [1.807, 2.05) is 35.2 Å². The van der Waals surface area contributed by atoms with Gasteiger partial charge in [-0.15, -0.1) is 0 Å². The Hall–Kier alpha value is -3.26. The minimum Gasteiger partial charge on any atom is -0.378 e. The van der Waals surface area contributed by atoms with Gasteiger partial charge in [0.2, 0.25) is 5.91 Å². The fraction of sp³-hybridized carbons (Fsp3) is 0.318. The van der Waals surface area contributed by atoms with Gasteiger partial charge < -0.3 is 15.0 Å². The minimum atomic E-state index is -0.431. The molecule has 4 rings (SSSR count). The zero-order valence-electron chi connectivity index (χ0n) is 16.5. The molecule has 0 unspecified atom stereocenters. The second-order valence-electron chi connectivity index (χ2n) is 7.20. The number of carbonyl (C=O) groups is 2. The van der Waals surface area contributed by atoms with Gasteiger partial charge in [-0.25, -0.2) is 9.40 Å². The van der Waals surface area contributed by atoms with E-state index >= 15 is 0 Å². The van der Waals surface area contributed by atoms with E-state index in [1.54, 1.807) is 12.1 Å². The Morgan fingerprint density at radius 2 is 1.87 bits per heavy atom. The van der Waals surface area contributed by atoms with Crippen molar-refractivity contribution >= 4 is 28.9 Å². The van der Waals surface area contributed by atoms with E-state index in [2.05, 4.69) is 10.4 Å². The molecule has 0 radical (unpaired) electrons. The van der Waals surface area contributed by atoms with Gasteiger partial charge in [0.1, 0.15) is 11.5 Å². The average molecular weight is 410 g/mol. The second-order valence-corrected chi connectivity index (χ2v) is 7.20. The summed E-state index contributed by atoms with van der Waals surface area (Å²) < 4.78 is 19.9. The van der Waals surface area contributed by atoms with Gasteiger partial charge in [-0.2, -0.15) is 5.10 Å². The highest BCUT2D eigenvalue weighted by molar-refractivity contribution is 6.43. The summed E-state index contributed by atoms with van der Waals surface area (Å²) in [6, 6.07) is 14.1.